The predicted molar refractivity (Wildman–Crippen MR) is 74.9 cm³/mol. The molecule has 0 saturated carbocycles. The third-order valence-corrected chi connectivity index (χ3v) is 3.86. The van der Waals surface area contributed by atoms with Crippen molar-refractivity contribution in [1.82, 2.24) is 10.2 Å². The van der Waals surface area contributed by atoms with Crippen molar-refractivity contribution in [3.8, 4) is 11.8 Å². The normalized spacial score (nSPS) is 18.8. The molecule has 1 N–H and O–H groups in total. The number of nitrogens with zero attached hydrogens (tertiary/aromatic N) is 2. The molecule has 19 heavy (non-hydrogen) atoms. The Bertz CT molecular complexity index is 459. The minimum atomic E-state index is -0.395. The Kier molecular flexibility index (Phi) is 4.41. The van der Waals surface area contributed by atoms with Gasteiger partial charge in [-0.3, -0.25) is 5.32 Å². The first-order chi connectivity index (χ1) is 9.19. The lowest BCUT2D eigenvalue weighted by atomic mass is 9.89. The number of likely N-dealkylation sites (tertiary alicyclic amines) is 1. The molecule has 2 rings (SSSR count). The first-order valence-electron chi connectivity index (χ1n) is 6.66. The van der Waals surface area contributed by atoms with E-state index in [2.05, 4.69) is 23.3 Å². The Morgan fingerprint density at radius 2 is 2.05 bits per heavy atom. The highest BCUT2D eigenvalue weighted by Crippen LogP contribution is 2.23. The molecule has 1 saturated heterocycles. The van der Waals surface area contributed by atoms with Gasteiger partial charge in [0, 0.05) is 25.2 Å². The van der Waals surface area contributed by atoms with E-state index < -0.39 is 5.54 Å². The fourth-order valence-electron chi connectivity index (χ4n) is 2.44. The molecule has 1 fully saturated rings. The van der Waals surface area contributed by atoms with Gasteiger partial charge in [0.15, 0.2) is 0 Å². The summed E-state index contributed by atoms with van der Waals surface area (Å²) in [5.41, 5.74) is 0.700. The number of nitriles is 1. The van der Waals surface area contributed by atoms with Crippen LogP contribution < -0.4 is 10.1 Å². The first-order valence-corrected chi connectivity index (χ1v) is 6.66. The van der Waals surface area contributed by atoms with Crippen LogP contribution in [-0.4, -0.2) is 37.7 Å². The highest BCUT2D eigenvalue weighted by molar-refractivity contribution is 5.33. The Morgan fingerprint density at radius 3 is 2.68 bits per heavy atom. The minimum absolute atomic E-state index is 0.395. The molecule has 1 aromatic carbocycles. The van der Waals surface area contributed by atoms with E-state index in [1.54, 1.807) is 7.11 Å². The molecule has 4 heteroatoms. The van der Waals surface area contributed by atoms with Gasteiger partial charge in [0.1, 0.15) is 11.3 Å². The van der Waals surface area contributed by atoms with Crippen LogP contribution in [0.2, 0.25) is 0 Å². The maximum atomic E-state index is 9.47. The average Bonchev–Trinajstić information content (AvgIpc) is 2.47. The number of methoxy groups -OCH3 is 1. The maximum Gasteiger partial charge on any atom is 0.123 e. The molecule has 4 nitrogen and oxygen atoms in total. The average molecular weight is 259 g/mol. The van der Waals surface area contributed by atoms with Gasteiger partial charge in [-0.15, -0.1) is 0 Å². The van der Waals surface area contributed by atoms with Crippen molar-refractivity contribution in [3.05, 3.63) is 29.8 Å². The summed E-state index contributed by atoms with van der Waals surface area (Å²) >= 11 is 0. The standard InChI is InChI=1S/C15H21N3O/c1-18-9-7-15(12-16,8-10-18)17-11-13-5-3-4-6-14(13)19-2/h3-6,17H,7-11H2,1-2H3. The van der Waals surface area contributed by atoms with Gasteiger partial charge in [-0.25, -0.2) is 0 Å². The molecule has 0 unspecified atom stereocenters. The fourth-order valence-corrected chi connectivity index (χ4v) is 2.44. The molecular formula is C15H21N3O. The van der Waals surface area contributed by atoms with E-state index in [1.807, 2.05) is 24.3 Å². The van der Waals surface area contributed by atoms with Crippen LogP contribution in [0.1, 0.15) is 18.4 Å². The van der Waals surface area contributed by atoms with Crippen LogP contribution in [-0.2, 0) is 6.54 Å². The summed E-state index contributed by atoms with van der Waals surface area (Å²) in [5.74, 6) is 0.871. The SMILES string of the molecule is COc1ccccc1CNC1(C#N)CCN(C)CC1. The zero-order valence-electron chi connectivity index (χ0n) is 11.6. The van der Waals surface area contributed by atoms with Gasteiger partial charge in [-0.2, -0.15) is 5.26 Å². The zero-order valence-corrected chi connectivity index (χ0v) is 11.6. The Balaban J connectivity index is 2.02. The van der Waals surface area contributed by atoms with Gasteiger partial charge in [-0.1, -0.05) is 18.2 Å². The molecule has 1 aliphatic heterocycles. The van der Waals surface area contributed by atoms with Gasteiger partial charge in [0.25, 0.3) is 0 Å². The fraction of sp³-hybridized carbons (Fsp3) is 0.533. The Labute approximate surface area is 115 Å². The van der Waals surface area contributed by atoms with Gasteiger partial charge in [0.05, 0.1) is 13.2 Å². The summed E-state index contributed by atoms with van der Waals surface area (Å²) in [7, 11) is 3.77. The lowest BCUT2D eigenvalue weighted by molar-refractivity contribution is 0.194. The molecule has 1 aromatic rings. The van der Waals surface area contributed by atoms with Crippen LogP contribution in [0.4, 0.5) is 0 Å². The number of benzene rings is 1. The highest BCUT2D eigenvalue weighted by atomic mass is 16.5. The molecule has 0 aliphatic carbocycles. The zero-order chi connectivity index (χ0) is 13.7. The van der Waals surface area contributed by atoms with E-state index in [1.165, 1.54) is 0 Å². The quantitative estimate of drug-likeness (QED) is 0.895. The lowest BCUT2D eigenvalue weighted by Crippen LogP contribution is -2.51. The second-order valence-electron chi connectivity index (χ2n) is 5.16. The number of ether oxygens (including phenoxy) is 1. The number of nitrogens with one attached hydrogen (secondary N) is 1. The Morgan fingerprint density at radius 1 is 1.37 bits per heavy atom. The van der Waals surface area contributed by atoms with Crippen molar-refractivity contribution in [1.29, 1.82) is 5.26 Å². The second-order valence-corrected chi connectivity index (χ2v) is 5.16. The van der Waals surface area contributed by atoms with Gasteiger partial charge >= 0.3 is 0 Å². The van der Waals surface area contributed by atoms with Gasteiger partial charge in [0.2, 0.25) is 0 Å². The monoisotopic (exact) mass is 259 g/mol. The third kappa shape index (κ3) is 3.25. The van der Waals surface area contributed by atoms with Crippen molar-refractivity contribution < 1.29 is 4.74 Å². The summed E-state index contributed by atoms with van der Waals surface area (Å²) in [6, 6.07) is 10.4. The molecule has 0 spiro atoms. The third-order valence-electron chi connectivity index (χ3n) is 3.86. The summed E-state index contributed by atoms with van der Waals surface area (Å²) in [6.45, 7) is 2.60. The summed E-state index contributed by atoms with van der Waals surface area (Å²) in [4.78, 5) is 2.26. The first kappa shape index (κ1) is 13.9. The van der Waals surface area contributed by atoms with E-state index in [0.717, 1.165) is 37.2 Å². The molecule has 0 bridgehead atoms. The molecule has 102 valence electrons. The smallest absolute Gasteiger partial charge is 0.123 e. The molecular weight excluding hydrogens is 238 g/mol. The minimum Gasteiger partial charge on any atom is -0.496 e. The number of para-hydroxylation sites is 1. The van der Waals surface area contributed by atoms with Crippen LogP contribution in [0.3, 0.4) is 0 Å². The van der Waals surface area contributed by atoms with Gasteiger partial charge in [-0.05, 0) is 26.0 Å². The van der Waals surface area contributed by atoms with E-state index >= 15 is 0 Å². The number of piperidine rings is 1. The van der Waals surface area contributed by atoms with Crippen LogP contribution >= 0.6 is 0 Å². The van der Waals surface area contributed by atoms with E-state index in [-0.39, 0.29) is 0 Å². The highest BCUT2D eigenvalue weighted by Gasteiger charge is 2.33. The molecule has 1 heterocycles. The van der Waals surface area contributed by atoms with E-state index in [0.29, 0.717) is 6.54 Å². The van der Waals surface area contributed by atoms with Gasteiger partial charge < -0.3 is 9.64 Å². The molecule has 0 aromatic heterocycles. The van der Waals surface area contributed by atoms with Crippen LogP contribution in [0.15, 0.2) is 24.3 Å². The van der Waals surface area contributed by atoms with Crippen molar-refractivity contribution in [3.63, 3.8) is 0 Å². The molecule has 0 amide bonds. The Hall–Kier alpha value is -1.57. The summed E-state index contributed by atoms with van der Waals surface area (Å²) in [5, 5.41) is 12.9. The number of hydrogen-bond donors (Lipinski definition) is 1. The second kappa shape index (κ2) is 6.05. The van der Waals surface area contributed by atoms with Crippen molar-refractivity contribution >= 4 is 0 Å². The molecule has 1 aliphatic rings. The van der Waals surface area contributed by atoms with Crippen LogP contribution in [0, 0.1) is 11.3 Å². The van der Waals surface area contributed by atoms with E-state index in [9.17, 15) is 5.26 Å². The maximum absolute atomic E-state index is 9.47. The predicted octanol–water partition coefficient (Wildman–Crippen LogP) is 1.77. The van der Waals surface area contributed by atoms with Crippen molar-refractivity contribution in [2.75, 3.05) is 27.2 Å². The summed E-state index contributed by atoms with van der Waals surface area (Å²) in [6.07, 6.45) is 1.74. The van der Waals surface area contributed by atoms with Crippen molar-refractivity contribution in [2.24, 2.45) is 0 Å². The largest absolute Gasteiger partial charge is 0.496 e. The van der Waals surface area contributed by atoms with Crippen LogP contribution in [0.25, 0.3) is 0 Å². The number of hydrogen-bond acceptors (Lipinski definition) is 4. The number of rotatable bonds is 4. The summed E-state index contributed by atoms with van der Waals surface area (Å²) < 4.78 is 5.34. The topological polar surface area (TPSA) is 48.3 Å². The van der Waals surface area contributed by atoms with E-state index in [4.69, 9.17) is 4.74 Å². The lowest BCUT2D eigenvalue weighted by Gasteiger charge is -2.36. The molecule has 0 atom stereocenters. The van der Waals surface area contributed by atoms with Crippen molar-refractivity contribution in [2.45, 2.75) is 24.9 Å². The molecule has 0 radical (unpaired) electrons. The van der Waals surface area contributed by atoms with Crippen LogP contribution in [0.5, 0.6) is 5.75 Å².